The first-order valence-electron chi connectivity index (χ1n) is 5.29. The number of likely N-dealkylation sites (tertiary alicyclic amines) is 1. The minimum Gasteiger partial charge on any atom is -0.338 e. The van der Waals surface area contributed by atoms with E-state index < -0.39 is 0 Å². The van der Waals surface area contributed by atoms with Crippen molar-refractivity contribution >= 4 is 21.8 Å². The van der Waals surface area contributed by atoms with Gasteiger partial charge in [-0.1, -0.05) is 36.7 Å². The highest BCUT2D eigenvalue weighted by Gasteiger charge is 2.34. The molecular formula is C11H20BrNO. The molecule has 0 aromatic heterocycles. The third kappa shape index (κ3) is 2.50. The minimum absolute atomic E-state index is 0.252. The molecule has 2 nitrogen and oxygen atoms in total. The van der Waals surface area contributed by atoms with Crippen LogP contribution in [0.2, 0.25) is 0 Å². The van der Waals surface area contributed by atoms with E-state index in [2.05, 4.69) is 22.9 Å². The van der Waals surface area contributed by atoms with Crippen molar-refractivity contribution in [2.75, 3.05) is 6.54 Å². The molecule has 0 aliphatic carbocycles. The zero-order valence-corrected chi connectivity index (χ0v) is 11.1. The molecule has 3 heteroatoms. The van der Waals surface area contributed by atoms with Crippen LogP contribution in [-0.2, 0) is 4.79 Å². The summed E-state index contributed by atoms with van der Waals surface area (Å²) in [6.45, 7) is 9.00. The minimum atomic E-state index is -0.252. The normalized spacial score (nSPS) is 29.1. The quantitative estimate of drug-likeness (QED) is 0.615. The van der Waals surface area contributed by atoms with Crippen LogP contribution in [0.3, 0.4) is 0 Å². The van der Waals surface area contributed by atoms with E-state index in [1.165, 1.54) is 6.42 Å². The van der Waals surface area contributed by atoms with E-state index in [9.17, 15) is 4.79 Å². The maximum atomic E-state index is 12.1. The molecule has 0 aromatic rings. The SMILES string of the molecule is CC1C(Br)CCCN1C(=O)C(C)(C)C. The summed E-state index contributed by atoms with van der Waals surface area (Å²) in [6.07, 6.45) is 2.29. The van der Waals surface area contributed by atoms with Crippen molar-refractivity contribution in [3.05, 3.63) is 0 Å². The molecule has 2 unspecified atom stereocenters. The topological polar surface area (TPSA) is 20.3 Å². The fourth-order valence-corrected chi connectivity index (χ4v) is 2.42. The first-order chi connectivity index (χ1) is 6.34. The highest BCUT2D eigenvalue weighted by molar-refractivity contribution is 9.09. The second-order valence-electron chi connectivity index (χ2n) is 5.15. The average Bonchev–Trinajstić information content (AvgIpc) is 2.07. The monoisotopic (exact) mass is 261 g/mol. The number of hydrogen-bond acceptors (Lipinski definition) is 1. The largest absolute Gasteiger partial charge is 0.338 e. The van der Waals surface area contributed by atoms with Crippen LogP contribution in [0, 0.1) is 5.41 Å². The molecule has 0 radical (unpaired) electrons. The molecule has 1 aliphatic heterocycles. The molecule has 0 saturated carbocycles. The van der Waals surface area contributed by atoms with Gasteiger partial charge in [0.25, 0.3) is 0 Å². The van der Waals surface area contributed by atoms with Gasteiger partial charge in [-0.15, -0.1) is 0 Å². The van der Waals surface area contributed by atoms with Gasteiger partial charge in [0.2, 0.25) is 5.91 Å². The molecule has 1 rings (SSSR count). The van der Waals surface area contributed by atoms with Crippen LogP contribution in [0.5, 0.6) is 0 Å². The summed E-state index contributed by atoms with van der Waals surface area (Å²) in [7, 11) is 0. The van der Waals surface area contributed by atoms with E-state index in [0.717, 1.165) is 13.0 Å². The number of alkyl halides is 1. The Morgan fingerprint density at radius 2 is 2.00 bits per heavy atom. The maximum Gasteiger partial charge on any atom is 0.228 e. The Bertz CT molecular complexity index is 222. The Hall–Kier alpha value is -0.0500. The molecule has 14 heavy (non-hydrogen) atoms. The van der Waals surface area contributed by atoms with Gasteiger partial charge in [-0.05, 0) is 19.8 Å². The fourth-order valence-electron chi connectivity index (χ4n) is 1.81. The lowest BCUT2D eigenvalue weighted by atomic mass is 9.92. The van der Waals surface area contributed by atoms with Crippen LogP contribution >= 0.6 is 15.9 Å². The van der Waals surface area contributed by atoms with Crippen LogP contribution in [-0.4, -0.2) is 28.2 Å². The molecule has 1 amide bonds. The lowest BCUT2D eigenvalue weighted by Gasteiger charge is -2.40. The van der Waals surface area contributed by atoms with Gasteiger partial charge in [-0.3, -0.25) is 4.79 Å². The van der Waals surface area contributed by atoms with E-state index in [1.54, 1.807) is 0 Å². The lowest BCUT2D eigenvalue weighted by molar-refractivity contribution is -0.142. The summed E-state index contributed by atoms with van der Waals surface area (Å²) in [5.41, 5.74) is -0.252. The van der Waals surface area contributed by atoms with Crippen molar-refractivity contribution in [2.24, 2.45) is 5.41 Å². The molecular weight excluding hydrogens is 242 g/mol. The predicted octanol–water partition coefficient (Wildman–Crippen LogP) is 2.81. The molecule has 1 saturated heterocycles. The van der Waals surface area contributed by atoms with Gasteiger partial charge < -0.3 is 4.90 Å². The van der Waals surface area contributed by atoms with E-state index in [1.807, 2.05) is 25.7 Å². The summed E-state index contributed by atoms with van der Waals surface area (Å²) in [4.78, 5) is 14.6. The number of nitrogens with zero attached hydrogens (tertiary/aromatic N) is 1. The maximum absolute atomic E-state index is 12.1. The Morgan fingerprint density at radius 3 is 2.50 bits per heavy atom. The van der Waals surface area contributed by atoms with Crippen LogP contribution < -0.4 is 0 Å². The Morgan fingerprint density at radius 1 is 1.43 bits per heavy atom. The smallest absolute Gasteiger partial charge is 0.228 e. The zero-order chi connectivity index (χ0) is 10.9. The Kier molecular flexibility index (Phi) is 3.62. The van der Waals surface area contributed by atoms with E-state index in [0.29, 0.717) is 10.9 Å². The summed E-state index contributed by atoms with van der Waals surface area (Å²) in [6, 6.07) is 0.329. The third-order valence-electron chi connectivity index (χ3n) is 2.80. The van der Waals surface area contributed by atoms with Gasteiger partial charge in [0.05, 0.1) is 0 Å². The standard InChI is InChI=1S/C11H20BrNO/c1-8-9(12)6-5-7-13(8)10(14)11(2,3)4/h8-9H,5-7H2,1-4H3. The number of hydrogen-bond donors (Lipinski definition) is 0. The highest BCUT2D eigenvalue weighted by atomic mass is 79.9. The average molecular weight is 262 g/mol. The van der Waals surface area contributed by atoms with Crippen molar-refractivity contribution in [3.8, 4) is 0 Å². The first-order valence-corrected chi connectivity index (χ1v) is 6.20. The van der Waals surface area contributed by atoms with Gasteiger partial charge in [-0.2, -0.15) is 0 Å². The van der Waals surface area contributed by atoms with Crippen LogP contribution in [0.1, 0.15) is 40.5 Å². The number of piperidine rings is 1. The lowest BCUT2D eigenvalue weighted by Crippen LogP contribution is -2.51. The number of amides is 1. The van der Waals surface area contributed by atoms with Crippen molar-refractivity contribution in [3.63, 3.8) is 0 Å². The molecule has 0 bridgehead atoms. The first kappa shape index (κ1) is 12.0. The van der Waals surface area contributed by atoms with E-state index in [-0.39, 0.29) is 11.3 Å². The summed E-state index contributed by atoms with van der Waals surface area (Å²) in [5, 5.41) is 0. The predicted molar refractivity (Wildman–Crippen MR) is 62.6 cm³/mol. The van der Waals surface area contributed by atoms with Crippen LogP contribution in [0.25, 0.3) is 0 Å². The molecule has 0 aromatic carbocycles. The summed E-state index contributed by atoms with van der Waals surface area (Å²) in [5.74, 6) is 0.272. The Labute approximate surface area is 95.2 Å². The molecule has 0 spiro atoms. The second-order valence-corrected chi connectivity index (χ2v) is 6.32. The van der Waals surface area contributed by atoms with Gasteiger partial charge in [0.1, 0.15) is 0 Å². The van der Waals surface area contributed by atoms with Crippen molar-refractivity contribution in [1.29, 1.82) is 0 Å². The number of carbonyl (C=O) groups is 1. The third-order valence-corrected chi connectivity index (χ3v) is 4.02. The van der Waals surface area contributed by atoms with Crippen molar-refractivity contribution < 1.29 is 4.79 Å². The molecule has 1 heterocycles. The van der Waals surface area contributed by atoms with Gasteiger partial charge >= 0.3 is 0 Å². The second kappa shape index (κ2) is 4.21. The fraction of sp³-hybridized carbons (Fsp3) is 0.909. The van der Waals surface area contributed by atoms with Gasteiger partial charge in [0.15, 0.2) is 0 Å². The van der Waals surface area contributed by atoms with Gasteiger partial charge in [0, 0.05) is 22.8 Å². The number of rotatable bonds is 0. The summed E-state index contributed by atoms with van der Waals surface area (Å²) >= 11 is 3.64. The van der Waals surface area contributed by atoms with E-state index in [4.69, 9.17) is 0 Å². The zero-order valence-electron chi connectivity index (χ0n) is 9.51. The highest BCUT2D eigenvalue weighted by Crippen LogP contribution is 2.28. The van der Waals surface area contributed by atoms with Crippen molar-refractivity contribution in [2.45, 2.75) is 51.4 Å². The molecule has 0 N–H and O–H groups in total. The Balaban J connectivity index is 2.72. The molecule has 82 valence electrons. The van der Waals surface area contributed by atoms with Gasteiger partial charge in [-0.25, -0.2) is 0 Å². The van der Waals surface area contributed by atoms with Crippen LogP contribution in [0.15, 0.2) is 0 Å². The number of halogens is 1. The van der Waals surface area contributed by atoms with Crippen molar-refractivity contribution in [1.82, 2.24) is 4.90 Å². The molecule has 1 aliphatic rings. The molecule has 1 fully saturated rings. The summed E-state index contributed by atoms with van der Waals surface area (Å²) < 4.78 is 0. The number of carbonyl (C=O) groups excluding carboxylic acids is 1. The molecule has 2 atom stereocenters. The van der Waals surface area contributed by atoms with E-state index >= 15 is 0 Å². The van der Waals surface area contributed by atoms with Crippen LogP contribution in [0.4, 0.5) is 0 Å².